The molecule has 154 valence electrons. The second kappa shape index (κ2) is 8.50. The molecule has 28 heavy (non-hydrogen) atoms. The van der Waals surface area contributed by atoms with Crippen LogP contribution in [0.4, 0.5) is 0 Å². The van der Waals surface area contributed by atoms with E-state index in [9.17, 15) is 9.59 Å². The van der Waals surface area contributed by atoms with Gasteiger partial charge in [0.25, 0.3) is 5.91 Å². The van der Waals surface area contributed by atoms with Crippen LogP contribution in [0.1, 0.15) is 46.5 Å². The minimum Gasteiger partial charge on any atom is -0.482 e. The molecule has 1 aromatic carbocycles. The highest BCUT2D eigenvalue weighted by Gasteiger charge is 2.45. The van der Waals surface area contributed by atoms with Crippen LogP contribution in [0.5, 0.6) is 5.75 Å². The molecule has 2 aliphatic rings. The third-order valence-electron chi connectivity index (χ3n) is 5.90. The van der Waals surface area contributed by atoms with Crippen molar-refractivity contribution in [2.24, 2.45) is 17.3 Å². The first-order valence-corrected chi connectivity index (χ1v) is 10.6. The van der Waals surface area contributed by atoms with E-state index in [1.165, 1.54) is 0 Å². The molecular weight excluding hydrogens is 399 g/mol. The molecule has 1 heterocycles. The Morgan fingerprint density at radius 3 is 2.71 bits per heavy atom. The Morgan fingerprint density at radius 2 is 2.04 bits per heavy atom. The number of piperidine rings is 1. The highest BCUT2D eigenvalue weighted by Crippen LogP contribution is 2.44. The van der Waals surface area contributed by atoms with E-state index in [4.69, 9.17) is 27.9 Å². The summed E-state index contributed by atoms with van der Waals surface area (Å²) >= 11 is 11.9. The predicted molar refractivity (Wildman–Crippen MR) is 111 cm³/mol. The lowest BCUT2D eigenvalue weighted by Gasteiger charge is -2.48. The molecule has 2 N–H and O–H groups in total. The van der Waals surface area contributed by atoms with Crippen LogP contribution < -0.4 is 15.4 Å². The van der Waals surface area contributed by atoms with E-state index < -0.39 is 0 Å². The zero-order chi connectivity index (χ0) is 20.5. The van der Waals surface area contributed by atoms with Gasteiger partial charge in [-0.1, -0.05) is 44.0 Å². The summed E-state index contributed by atoms with van der Waals surface area (Å²) in [4.78, 5) is 24.5. The summed E-state index contributed by atoms with van der Waals surface area (Å²) in [6.45, 7) is 6.52. The molecular formula is C21H28Cl2N2O3. The average Bonchev–Trinajstić information content (AvgIpc) is 2.59. The smallest absolute Gasteiger partial charge is 0.258 e. The number of rotatable bonds is 4. The summed E-state index contributed by atoms with van der Waals surface area (Å²) in [7, 11) is 0. The average molecular weight is 427 g/mol. The molecule has 2 amide bonds. The van der Waals surface area contributed by atoms with Gasteiger partial charge in [-0.15, -0.1) is 0 Å². The van der Waals surface area contributed by atoms with Gasteiger partial charge in [-0.05, 0) is 54.7 Å². The van der Waals surface area contributed by atoms with E-state index in [0.717, 1.165) is 19.3 Å². The van der Waals surface area contributed by atoms with Crippen LogP contribution in [0.15, 0.2) is 18.2 Å². The largest absolute Gasteiger partial charge is 0.482 e. The fourth-order valence-electron chi connectivity index (χ4n) is 4.54. The number of hydrogen-bond donors (Lipinski definition) is 2. The molecule has 4 atom stereocenters. The van der Waals surface area contributed by atoms with Crippen molar-refractivity contribution in [1.29, 1.82) is 0 Å². The van der Waals surface area contributed by atoms with E-state index in [0.29, 0.717) is 34.1 Å². The minimum atomic E-state index is -0.191. The maximum absolute atomic E-state index is 12.3. The minimum absolute atomic E-state index is 0.0389. The molecule has 7 heteroatoms. The van der Waals surface area contributed by atoms with Crippen LogP contribution in [0, 0.1) is 17.3 Å². The SMILES string of the molecule is CC(C)(C)C1CC(=O)NC2CC(NC(=O)COc3ccc(Cl)cc3Cl)CCC21. The fourth-order valence-corrected chi connectivity index (χ4v) is 5.01. The number of ether oxygens (including phenoxy) is 1. The Morgan fingerprint density at radius 1 is 1.29 bits per heavy atom. The van der Waals surface area contributed by atoms with E-state index >= 15 is 0 Å². The molecule has 0 spiro atoms. The molecule has 0 radical (unpaired) electrons. The summed E-state index contributed by atoms with van der Waals surface area (Å²) < 4.78 is 5.51. The number of amides is 2. The normalized spacial score (nSPS) is 27.5. The first kappa shape index (κ1) is 21.3. The Kier molecular flexibility index (Phi) is 6.45. The van der Waals surface area contributed by atoms with Gasteiger partial charge in [0.2, 0.25) is 5.91 Å². The Balaban J connectivity index is 1.53. The van der Waals surface area contributed by atoms with Gasteiger partial charge in [-0.2, -0.15) is 0 Å². The molecule has 1 aromatic rings. The van der Waals surface area contributed by atoms with Gasteiger partial charge in [0.15, 0.2) is 6.61 Å². The standard InChI is InChI=1S/C21H28Cl2N2O3/c1-21(2,3)15-10-19(26)25-17-9-13(5-6-14(15)17)24-20(27)11-28-18-7-4-12(22)8-16(18)23/h4,7-8,13-15,17H,5-6,9-11H2,1-3H3,(H,24,27)(H,25,26). The second-order valence-corrected chi connectivity index (χ2v) is 9.80. The Bertz CT molecular complexity index is 748. The van der Waals surface area contributed by atoms with E-state index in [1.807, 2.05) is 0 Å². The highest BCUT2D eigenvalue weighted by atomic mass is 35.5. The molecule has 1 saturated carbocycles. The molecule has 4 unspecified atom stereocenters. The summed E-state index contributed by atoms with van der Waals surface area (Å²) in [5.74, 6) is 1.20. The first-order valence-electron chi connectivity index (χ1n) is 9.80. The fraction of sp³-hybridized carbons (Fsp3) is 0.619. The highest BCUT2D eigenvalue weighted by molar-refractivity contribution is 6.35. The molecule has 0 bridgehead atoms. The van der Waals surface area contributed by atoms with Crippen molar-refractivity contribution in [3.05, 3.63) is 28.2 Å². The van der Waals surface area contributed by atoms with Gasteiger partial charge in [0, 0.05) is 23.5 Å². The number of halogens is 2. The molecule has 3 rings (SSSR count). The Labute approximate surface area is 176 Å². The van der Waals surface area contributed by atoms with E-state index in [2.05, 4.69) is 31.4 Å². The van der Waals surface area contributed by atoms with Gasteiger partial charge < -0.3 is 15.4 Å². The zero-order valence-electron chi connectivity index (χ0n) is 16.6. The Hall–Kier alpha value is -1.46. The van der Waals surface area contributed by atoms with Crippen LogP contribution in [0.3, 0.4) is 0 Å². The van der Waals surface area contributed by atoms with Gasteiger partial charge in [-0.25, -0.2) is 0 Å². The monoisotopic (exact) mass is 426 g/mol. The molecule has 5 nitrogen and oxygen atoms in total. The molecule has 0 aromatic heterocycles. The lowest BCUT2D eigenvalue weighted by molar-refractivity contribution is -0.130. The number of carbonyl (C=O) groups is 2. The van der Waals surface area contributed by atoms with Gasteiger partial charge in [-0.3, -0.25) is 9.59 Å². The molecule has 1 aliphatic carbocycles. The molecule has 1 aliphatic heterocycles. The van der Waals surface area contributed by atoms with E-state index in [-0.39, 0.29) is 35.9 Å². The number of fused-ring (bicyclic) bond motifs is 1. The number of benzene rings is 1. The van der Waals surface area contributed by atoms with Crippen LogP contribution in [0.2, 0.25) is 10.0 Å². The van der Waals surface area contributed by atoms with Crippen molar-refractivity contribution in [2.75, 3.05) is 6.61 Å². The van der Waals surface area contributed by atoms with Crippen molar-refractivity contribution in [1.82, 2.24) is 10.6 Å². The predicted octanol–water partition coefficient (Wildman–Crippen LogP) is 4.21. The topological polar surface area (TPSA) is 67.4 Å². The van der Waals surface area contributed by atoms with Crippen molar-refractivity contribution in [3.8, 4) is 5.75 Å². The number of carbonyl (C=O) groups excluding carboxylic acids is 2. The van der Waals surface area contributed by atoms with Crippen LogP contribution in [-0.2, 0) is 9.59 Å². The quantitative estimate of drug-likeness (QED) is 0.757. The van der Waals surface area contributed by atoms with Gasteiger partial charge >= 0.3 is 0 Å². The third kappa shape index (κ3) is 5.12. The lowest BCUT2D eigenvalue weighted by atomic mass is 9.62. The van der Waals surface area contributed by atoms with Crippen LogP contribution >= 0.6 is 23.2 Å². The van der Waals surface area contributed by atoms with Gasteiger partial charge in [0.1, 0.15) is 5.75 Å². The third-order valence-corrected chi connectivity index (χ3v) is 6.43. The zero-order valence-corrected chi connectivity index (χ0v) is 18.1. The van der Waals surface area contributed by atoms with E-state index in [1.54, 1.807) is 18.2 Å². The second-order valence-electron chi connectivity index (χ2n) is 8.96. The van der Waals surface area contributed by atoms with Crippen LogP contribution in [0.25, 0.3) is 0 Å². The summed E-state index contributed by atoms with van der Waals surface area (Å²) in [6.07, 6.45) is 3.27. The van der Waals surface area contributed by atoms with Crippen molar-refractivity contribution >= 4 is 35.0 Å². The van der Waals surface area contributed by atoms with Gasteiger partial charge in [0.05, 0.1) is 5.02 Å². The molecule has 2 fully saturated rings. The summed E-state index contributed by atoms with van der Waals surface area (Å²) in [5.41, 5.74) is 0.0997. The summed E-state index contributed by atoms with van der Waals surface area (Å²) in [5, 5.41) is 7.07. The molecule has 1 saturated heterocycles. The summed E-state index contributed by atoms with van der Waals surface area (Å²) in [6, 6.07) is 5.05. The van der Waals surface area contributed by atoms with Crippen molar-refractivity contribution in [2.45, 2.75) is 58.5 Å². The lowest BCUT2D eigenvalue weighted by Crippen LogP contribution is -2.57. The van der Waals surface area contributed by atoms with Crippen molar-refractivity contribution in [3.63, 3.8) is 0 Å². The van der Waals surface area contributed by atoms with Crippen LogP contribution in [-0.4, -0.2) is 30.5 Å². The number of nitrogens with one attached hydrogen (secondary N) is 2. The maximum Gasteiger partial charge on any atom is 0.258 e. The van der Waals surface area contributed by atoms with Crippen molar-refractivity contribution < 1.29 is 14.3 Å². The number of hydrogen-bond acceptors (Lipinski definition) is 3. The first-order chi connectivity index (χ1) is 13.1. The maximum atomic E-state index is 12.3.